The van der Waals surface area contributed by atoms with Gasteiger partial charge in [0.1, 0.15) is 4.75 Å². The molecule has 0 saturated carbocycles. The van der Waals surface area contributed by atoms with E-state index in [2.05, 4.69) is 31.5 Å². The van der Waals surface area contributed by atoms with Gasteiger partial charge in [0.2, 0.25) is 5.91 Å². The van der Waals surface area contributed by atoms with Crippen LogP contribution in [0.25, 0.3) is 10.4 Å². The van der Waals surface area contributed by atoms with Crippen LogP contribution in [0.1, 0.15) is 72.7 Å². The van der Waals surface area contributed by atoms with E-state index in [1.54, 1.807) is 29.2 Å². The van der Waals surface area contributed by atoms with Gasteiger partial charge in [-0.05, 0) is 60.6 Å². The van der Waals surface area contributed by atoms with Crippen molar-refractivity contribution in [3.05, 3.63) is 82.7 Å². The van der Waals surface area contributed by atoms with Crippen molar-refractivity contribution in [3.63, 3.8) is 0 Å². The summed E-state index contributed by atoms with van der Waals surface area (Å²) in [7, 11) is -3.88. The van der Waals surface area contributed by atoms with Crippen molar-refractivity contribution in [1.82, 2.24) is 10.4 Å². The smallest absolute Gasteiger partial charge is 0.253 e. The fourth-order valence-electron chi connectivity index (χ4n) is 5.54. The second-order valence-corrected chi connectivity index (χ2v) is 14.8. The first-order valence-corrected chi connectivity index (χ1v) is 17.0. The molecule has 10 heteroatoms. The van der Waals surface area contributed by atoms with Crippen molar-refractivity contribution in [2.24, 2.45) is 0 Å². The van der Waals surface area contributed by atoms with Crippen molar-refractivity contribution in [1.29, 1.82) is 0 Å². The normalized spacial score (nSPS) is 22.5. The minimum Gasteiger partial charge on any atom is -0.350 e. The van der Waals surface area contributed by atoms with Gasteiger partial charge in [-0.25, -0.2) is 18.7 Å². The highest BCUT2D eigenvalue weighted by Crippen LogP contribution is 2.45. The number of amides is 2. The highest BCUT2D eigenvalue weighted by Gasteiger charge is 2.50. The summed E-state index contributed by atoms with van der Waals surface area (Å²) in [5, 5.41) is 0. The number of carbonyl (C=O) groups is 2. The summed E-state index contributed by atoms with van der Waals surface area (Å²) in [6.45, 7) is 5.09. The van der Waals surface area contributed by atoms with Crippen LogP contribution in [0.2, 0.25) is 0 Å². The van der Waals surface area contributed by atoms with E-state index >= 15 is 0 Å². The van der Waals surface area contributed by atoms with E-state index in [0.717, 1.165) is 23.3 Å². The van der Waals surface area contributed by atoms with E-state index in [1.165, 1.54) is 16.9 Å². The number of thiophene rings is 1. The van der Waals surface area contributed by atoms with E-state index in [-0.39, 0.29) is 37.6 Å². The second kappa shape index (κ2) is 13.1. The van der Waals surface area contributed by atoms with Crippen molar-refractivity contribution >= 4 is 33.0 Å². The zero-order valence-electron chi connectivity index (χ0n) is 24.1. The largest absolute Gasteiger partial charge is 0.350 e. The summed E-state index contributed by atoms with van der Waals surface area (Å²) >= 11 is 1.38. The fraction of sp³-hybridized carbons (Fsp3) is 0.438. The number of nitrogens with one attached hydrogen (secondary N) is 1. The van der Waals surface area contributed by atoms with Crippen molar-refractivity contribution < 1.29 is 27.6 Å². The van der Waals surface area contributed by atoms with Gasteiger partial charge in [0, 0.05) is 41.4 Å². The number of hydroxylamine groups is 1. The van der Waals surface area contributed by atoms with Crippen LogP contribution in [-0.4, -0.2) is 56.9 Å². The average molecular weight is 611 g/mol. The van der Waals surface area contributed by atoms with Crippen LogP contribution in [0, 0.1) is 0 Å². The van der Waals surface area contributed by atoms with Crippen LogP contribution in [-0.2, 0) is 29.0 Å². The van der Waals surface area contributed by atoms with Crippen molar-refractivity contribution in [2.45, 2.75) is 62.9 Å². The van der Waals surface area contributed by atoms with Gasteiger partial charge in [-0.1, -0.05) is 56.3 Å². The molecule has 0 spiro atoms. The van der Waals surface area contributed by atoms with Gasteiger partial charge < -0.3 is 9.64 Å². The SMILES string of the molecule is CC(C)c1ccc(-c2ccc(C3(CC(=O)NOC4CCCCO4)CCN(C(=O)c4ccccc4)CCS3(=O)=O)s2)cc1. The minimum atomic E-state index is -3.88. The fourth-order valence-corrected chi connectivity index (χ4v) is 9.15. The monoisotopic (exact) mass is 610 g/mol. The Hall–Kier alpha value is -3.05. The molecule has 0 radical (unpaired) electrons. The highest BCUT2D eigenvalue weighted by molar-refractivity contribution is 7.92. The predicted molar refractivity (Wildman–Crippen MR) is 164 cm³/mol. The first kappa shape index (κ1) is 30.4. The summed E-state index contributed by atoms with van der Waals surface area (Å²) in [6, 6.07) is 20.9. The minimum absolute atomic E-state index is 0.0563. The van der Waals surface area contributed by atoms with Gasteiger partial charge in [-0.3, -0.25) is 9.59 Å². The molecular formula is C32H38N2O6S2. The molecule has 224 valence electrons. The third kappa shape index (κ3) is 6.62. The van der Waals surface area contributed by atoms with E-state index in [1.807, 2.05) is 30.3 Å². The second-order valence-electron chi connectivity index (χ2n) is 11.3. The van der Waals surface area contributed by atoms with E-state index in [4.69, 9.17) is 9.57 Å². The molecule has 2 aromatic carbocycles. The Bertz CT molecular complexity index is 1480. The van der Waals surface area contributed by atoms with Crippen molar-refractivity contribution in [3.8, 4) is 10.4 Å². The maximum Gasteiger partial charge on any atom is 0.253 e. The van der Waals surface area contributed by atoms with Gasteiger partial charge in [-0.2, -0.15) is 0 Å². The summed E-state index contributed by atoms with van der Waals surface area (Å²) in [6.07, 6.45) is 1.75. The lowest BCUT2D eigenvalue weighted by molar-refractivity contribution is -0.200. The molecule has 0 bridgehead atoms. The molecule has 2 aliphatic heterocycles. The molecule has 2 aliphatic rings. The van der Waals surface area contributed by atoms with E-state index in [0.29, 0.717) is 29.4 Å². The van der Waals surface area contributed by atoms with Crippen LogP contribution in [0.4, 0.5) is 0 Å². The first-order valence-electron chi connectivity index (χ1n) is 14.5. The quantitative estimate of drug-likeness (QED) is 0.331. The molecule has 1 N–H and O–H groups in total. The number of nitrogens with zero attached hydrogens (tertiary/aromatic N) is 1. The molecule has 2 amide bonds. The molecule has 2 unspecified atom stereocenters. The Morgan fingerprint density at radius 1 is 1.05 bits per heavy atom. The Kier molecular flexibility index (Phi) is 9.47. The third-order valence-electron chi connectivity index (χ3n) is 8.12. The van der Waals surface area contributed by atoms with Gasteiger partial charge in [0.25, 0.3) is 5.91 Å². The standard InChI is InChI=1S/C32H38N2O6S2/c1-23(2)24-11-13-25(14-12-24)27-15-16-28(41-27)32(22-29(35)33-40-30-10-6-7-20-39-30)17-18-34(19-21-42(32,37)38)31(36)26-8-4-3-5-9-26/h3-5,8-9,11-16,23,30H,6-7,10,17-22H2,1-2H3,(H,33,35). The number of benzene rings is 2. The predicted octanol–water partition coefficient (Wildman–Crippen LogP) is 5.66. The number of sulfone groups is 1. The molecule has 8 nitrogen and oxygen atoms in total. The summed E-state index contributed by atoms with van der Waals surface area (Å²) in [5.41, 5.74) is 5.18. The lowest BCUT2D eigenvalue weighted by atomic mass is 9.97. The number of ether oxygens (including phenoxy) is 1. The van der Waals surface area contributed by atoms with Gasteiger partial charge in [0.05, 0.1) is 12.2 Å². The number of hydrogen-bond acceptors (Lipinski definition) is 7. The average Bonchev–Trinajstić information content (AvgIpc) is 3.46. The molecular weight excluding hydrogens is 572 g/mol. The van der Waals surface area contributed by atoms with E-state index < -0.39 is 26.8 Å². The lowest BCUT2D eigenvalue weighted by Gasteiger charge is -2.31. The van der Waals surface area contributed by atoms with Crippen molar-refractivity contribution in [2.75, 3.05) is 25.4 Å². The molecule has 3 aromatic rings. The Labute approximate surface area is 251 Å². The number of carbonyl (C=O) groups excluding carboxylic acids is 2. The third-order valence-corrected chi connectivity index (χ3v) is 12.1. The van der Waals surface area contributed by atoms with Gasteiger partial charge in [0.15, 0.2) is 16.1 Å². The molecule has 2 fully saturated rings. The first-order chi connectivity index (χ1) is 20.2. The van der Waals surface area contributed by atoms with Crippen LogP contribution >= 0.6 is 11.3 Å². The maximum absolute atomic E-state index is 14.2. The topological polar surface area (TPSA) is 102 Å². The molecule has 3 heterocycles. The number of hydrogen-bond donors (Lipinski definition) is 1. The van der Waals surface area contributed by atoms with Crippen LogP contribution in [0.5, 0.6) is 0 Å². The molecule has 2 atom stereocenters. The lowest BCUT2D eigenvalue weighted by Crippen LogP contribution is -2.43. The maximum atomic E-state index is 14.2. The highest BCUT2D eigenvalue weighted by atomic mass is 32.2. The Morgan fingerprint density at radius 3 is 2.50 bits per heavy atom. The van der Waals surface area contributed by atoms with Crippen LogP contribution in [0.15, 0.2) is 66.7 Å². The van der Waals surface area contributed by atoms with Gasteiger partial charge in [-0.15, -0.1) is 11.3 Å². The summed E-state index contributed by atoms with van der Waals surface area (Å²) < 4.78 is 32.4. The molecule has 1 aromatic heterocycles. The molecule has 42 heavy (non-hydrogen) atoms. The number of rotatable bonds is 8. The summed E-state index contributed by atoms with van der Waals surface area (Å²) in [4.78, 5) is 35.2. The zero-order valence-corrected chi connectivity index (χ0v) is 25.7. The Balaban J connectivity index is 1.45. The molecule has 5 rings (SSSR count). The van der Waals surface area contributed by atoms with Gasteiger partial charge >= 0.3 is 0 Å². The van der Waals surface area contributed by atoms with Crippen LogP contribution in [0.3, 0.4) is 0 Å². The molecule has 0 aliphatic carbocycles. The molecule has 2 saturated heterocycles. The Morgan fingerprint density at radius 2 is 1.81 bits per heavy atom. The van der Waals surface area contributed by atoms with Crippen LogP contribution < -0.4 is 5.48 Å². The summed E-state index contributed by atoms with van der Waals surface area (Å²) in [5.74, 6) is -0.603. The van der Waals surface area contributed by atoms with E-state index in [9.17, 15) is 18.0 Å². The zero-order chi connectivity index (χ0) is 29.7.